The summed E-state index contributed by atoms with van der Waals surface area (Å²) in [4.78, 5) is 27.0. The van der Waals surface area contributed by atoms with Gasteiger partial charge in [-0.15, -0.1) is 0 Å². The van der Waals surface area contributed by atoms with Crippen LogP contribution in [0.1, 0.15) is 35.3 Å². The molecule has 1 heterocycles. The minimum Gasteiger partial charge on any atom is -0.340 e. The van der Waals surface area contributed by atoms with Crippen molar-refractivity contribution in [1.82, 2.24) is 20.0 Å². The number of hydrogen-bond acceptors (Lipinski definition) is 3. The Labute approximate surface area is 185 Å². The highest BCUT2D eigenvalue weighted by molar-refractivity contribution is 5.98. The van der Waals surface area contributed by atoms with E-state index < -0.39 is 29.1 Å². The number of carbonyl (C=O) groups is 2. The van der Waals surface area contributed by atoms with Gasteiger partial charge in [0.15, 0.2) is 0 Å². The third-order valence-electron chi connectivity index (χ3n) is 5.08. The average molecular weight is 440 g/mol. The van der Waals surface area contributed by atoms with E-state index in [1.54, 1.807) is 31.8 Å². The molecule has 0 unspecified atom stereocenters. The molecule has 0 aliphatic heterocycles. The van der Waals surface area contributed by atoms with Crippen LogP contribution < -0.4 is 5.32 Å². The zero-order chi connectivity index (χ0) is 23.3. The average Bonchev–Trinajstić information content (AvgIpc) is 3.18. The van der Waals surface area contributed by atoms with Gasteiger partial charge in [-0.3, -0.25) is 14.3 Å². The quantitative estimate of drug-likeness (QED) is 0.582. The Morgan fingerprint density at radius 2 is 1.69 bits per heavy atom. The predicted octanol–water partition coefficient (Wildman–Crippen LogP) is 3.62. The summed E-state index contributed by atoms with van der Waals surface area (Å²) in [6, 6.07) is 12.1. The number of carbonyl (C=O) groups excluding carboxylic acids is 2. The minimum absolute atomic E-state index is 0.279. The van der Waals surface area contributed by atoms with E-state index in [1.807, 2.05) is 36.5 Å². The molecule has 0 saturated carbocycles. The Balaban J connectivity index is 1.66. The van der Waals surface area contributed by atoms with E-state index in [0.717, 1.165) is 23.3 Å². The van der Waals surface area contributed by atoms with Crippen molar-refractivity contribution in [2.24, 2.45) is 5.92 Å². The fourth-order valence-corrected chi connectivity index (χ4v) is 3.38. The van der Waals surface area contributed by atoms with Crippen molar-refractivity contribution in [3.8, 4) is 0 Å². The summed E-state index contributed by atoms with van der Waals surface area (Å²) in [7, 11) is 1.61. The first kappa shape index (κ1) is 23.1. The smallest absolute Gasteiger partial charge is 0.257 e. The monoisotopic (exact) mass is 440 g/mol. The number of hydrogen-bond donors (Lipinski definition) is 1. The lowest BCUT2D eigenvalue weighted by Gasteiger charge is -2.27. The largest absolute Gasteiger partial charge is 0.340 e. The molecule has 0 saturated heterocycles. The summed E-state index contributed by atoms with van der Waals surface area (Å²) >= 11 is 0. The zero-order valence-electron chi connectivity index (χ0n) is 18.3. The van der Waals surface area contributed by atoms with Gasteiger partial charge in [-0.2, -0.15) is 5.10 Å². The van der Waals surface area contributed by atoms with Crippen molar-refractivity contribution in [1.29, 1.82) is 0 Å². The lowest BCUT2D eigenvalue weighted by molar-refractivity contribution is -0.133. The molecule has 2 amide bonds. The first-order chi connectivity index (χ1) is 15.3. The number of nitrogens with zero attached hydrogens (tertiary/aromatic N) is 3. The first-order valence-corrected chi connectivity index (χ1v) is 10.3. The molecular weight excluding hydrogens is 414 g/mol. The molecule has 0 aliphatic carbocycles. The summed E-state index contributed by atoms with van der Waals surface area (Å²) in [5, 5.41) is 6.82. The fourth-order valence-electron chi connectivity index (χ4n) is 3.38. The Morgan fingerprint density at radius 1 is 1.03 bits per heavy atom. The fraction of sp³-hybridized carbons (Fsp3) is 0.292. The normalized spacial score (nSPS) is 11.9. The standard InChI is InChI=1S/C24H26F2N4O2/c1-16(2)22(28-23(31)21-19(25)10-7-11-20(21)26)24(32)29(3)13-18-12-27-30(15-18)14-17-8-5-4-6-9-17/h4-12,15-16,22H,13-14H2,1-3H3,(H,28,31)/t22-/m0/s1. The highest BCUT2D eigenvalue weighted by Crippen LogP contribution is 2.15. The van der Waals surface area contributed by atoms with Gasteiger partial charge in [0.05, 0.1) is 12.7 Å². The highest BCUT2D eigenvalue weighted by atomic mass is 19.1. The second kappa shape index (κ2) is 10.2. The molecule has 3 aromatic rings. The molecule has 1 aromatic heterocycles. The van der Waals surface area contributed by atoms with Gasteiger partial charge in [0.2, 0.25) is 5.91 Å². The highest BCUT2D eigenvalue weighted by Gasteiger charge is 2.29. The lowest BCUT2D eigenvalue weighted by Crippen LogP contribution is -2.50. The molecular formula is C24H26F2N4O2. The molecule has 0 aliphatic rings. The van der Waals surface area contributed by atoms with Crippen LogP contribution in [0.4, 0.5) is 8.78 Å². The topological polar surface area (TPSA) is 67.2 Å². The number of nitrogens with one attached hydrogen (secondary N) is 1. The number of amides is 2. The van der Waals surface area contributed by atoms with Crippen LogP contribution >= 0.6 is 0 Å². The van der Waals surface area contributed by atoms with E-state index in [2.05, 4.69) is 10.4 Å². The first-order valence-electron chi connectivity index (χ1n) is 10.3. The number of halogens is 2. The van der Waals surface area contributed by atoms with Gasteiger partial charge in [-0.1, -0.05) is 50.2 Å². The van der Waals surface area contributed by atoms with Gasteiger partial charge in [0.25, 0.3) is 5.91 Å². The maximum atomic E-state index is 14.0. The molecule has 3 rings (SSSR count). The molecule has 0 bridgehead atoms. The maximum absolute atomic E-state index is 14.0. The van der Waals surface area contributed by atoms with Crippen LogP contribution in [0.15, 0.2) is 60.9 Å². The molecule has 8 heteroatoms. The van der Waals surface area contributed by atoms with Crippen LogP contribution in [-0.4, -0.2) is 39.6 Å². The van der Waals surface area contributed by atoms with E-state index in [-0.39, 0.29) is 18.4 Å². The molecule has 0 fully saturated rings. The third kappa shape index (κ3) is 5.57. The number of rotatable bonds is 8. The zero-order valence-corrected chi connectivity index (χ0v) is 18.3. The summed E-state index contributed by atoms with van der Waals surface area (Å²) in [5.74, 6) is -3.56. The van der Waals surface area contributed by atoms with Crippen LogP contribution in [-0.2, 0) is 17.9 Å². The van der Waals surface area contributed by atoms with Crippen LogP contribution in [0.25, 0.3) is 0 Å². The Bertz CT molecular complexity index is 1060. The summed E-state index contributed by atoms with van der Waals surface area (Å²) in [6.45, 7) is 4.40. The lowest BCUT2D eigenvalue weighted by atomic mass is 10.0. The molecule has 2 aromatic carbocycles. The van der Waals surface area contributed by atoms with E-state index in [4.69, 9.17) is 0 Å². The molecule has 0 radical (unpaired) electrons. The third-order valence-corrected chi connectivity index (χ3v) is 5.08. The Kier molecular flexibility index (Phi) is 7.35. The van der Waals surface area contributed by atoms with Crippen molar-refractivity contribution in [3.63, 3.8) is 0 Å². The molecule has 1 atom stereocenters. The van der Waals surface area contributed by atoms with E-state index in [9.17, 15) is 18.4 Å². The predicted molar refractivity (Wildman–Crippen MR) is 117 cm³/mol. The van der Waals surface area contributed by atoms with Crippen molar-refractivity contribution >= 4 is 11.8 Å². The van der Waals surface area contributed by atoms with Crippen molar-refractivity contribution < 1.29 is 18.4 Å². The van der Waals surface area contributed by atoms with Crippen LogP contribution in [0.3, 0.4) is 0 Å². The van der Waals surface area contributed by atoms with Crippen LogP contribution in [0, 0.1) is 17.6 Å². The van der Waals surface area contributed by atoms with Crippen molar-refractivity contribution in [2.75, 3.05) is 7.05 Å². The summed E-state index contributed by atoms with van der Waals surface area (Å²) in [5.41, 5.74) is 1.23. The molecule has 32 heavy (non-hydrogen) atoms. The molecule has 6 nitrogen and oxygen atoms in total. The van der Waals surface area contributed by atoms with Gasteiger partial charge < -0.3 is 10.2 Å². The molecule has 168 valence electrons. The number of likely N-dealkylation sites (N-methyl/N-ethyl adjacent to an activating group) is 1. The number of aromatic nitrogens is 2. The van der Waals surface area contributed by atoms with E-state index in [1.165, 1.54) is 11.0 Å². The van der Waals surface area contributed by atoms with Gasteiger partial charge in [-0.05, 0) is 23.6 Å². The van der Waals surface area contributed by atoms with E-state index >= 15 is 0 Å². The van der Waals surface area contributed by atoms with E-state index in [0.29, 0.717) is 6.54 Å². The SMILES string of the molecule is CC(C)[C@H](NC(=O)c1c(F)cccc1F)C(=O)N(C)Cc1cnn(Cc2ccccc2)c1. The second-order valence-electron chi connectivity index (χ2n) is 8.02. The van der Waals surface area contributed by atoms with Gasteiger partial charge >= 0.3 is 0 Å². The maximum Gasteiger partial charge on any atom is 0.257 e. The van der Waals surface area contributed by atoms with Gasteiger partial charge in [0.1, 0.15) is 23.2 Å². The molecule has 1 N–H and O–H groups in total. The van der Waals surface area contributed by atoms with Crippen LogP contribution in [0.5, 0.6) is 0 Å². The summed E-state index contributed by atoms with van der Waals surface area (Å²) in [6.07, 6.45) is 3.54. The van der Waals surface area contributed by atoms with Gasteiger partial charge in [-0.25, -0.2) is 8.78 Å². The van der Waals surface area contributed by atoms with Crippen LogP contribution in [0.2, 0.25) is 0 Å². The van der Waals surface area contributed by atoms with Gasteiger partial charge in [0, 0.05) is 25.4 Å². The Hall–Kier alpha value is -3.55. The minimum atomic E-state index is -0.975. The van der Waals surface area contributed by atoms with Crippen molar-refractivity contribution in [2.45, 2.75) is 33.0 Å². The summed E-state index contributed by atoms with van der Waals surface area (Å²) < 4.78 is 29.7. The Morgan fingerprint density at radius 3 is 2.31 bits per heavy atom. The number of benzene rings is 2. The second-order valence-corrected chi connectivity index (χ2v) is 8.02. The van der Waals surface area contributed by atoms with Crippen molar-refractivity contribution in [3.05, 3.63) is 89.2 Å². The molecule has 0 spiro atoms.